The number of aldehydes is 1. The number of aryl methyl sites for hydroxylation is 6. The monoisotopic (exact) mass is 1800 g/mol. The standard InChI is InChI=1S/C20H24F2N2.C15H13F2N.C13H10BrF2N.C6H4BrNO.C6H5F2N.C5H11N.C4H6O4.3C4H9.C2H3BO2.C2H3.Na.Sn/c21-17-13-16(14-18(22)15-17)7-8-19-5-4-6-20(23-19)9-12-24-10-2-1-3-11-24;1-2-14-4-3-5-15(18-14)7-6-11-8-12(16)10-13(17)9-11;14-13-3-1-2-12(17-13)5-4-9-6-10(15)8-11(16)7-9;7-6-3-1-2-5(4-9)8-6;7-4-1-5(8)3-6(9)2-4;1-2-4-6-5-3-1;1-3(5)7-8-4(2)6;3*1-3-4-2;1-2(4)5-3;1-2;;/h4-6,13-15H,1-3,7-12H2;2-5,8-10H,1,6-7H2;1-3,6-8H,4-5H2;1-4H;1-3H,9H2;6H,1-5H2;1-2H3;3*1,3-4H2,2H3;1H3;1H,2H2;;/q;;;;;;;;;;-1;;+1;. The Morgan fingerprint density at radius 2 is 0.839 bits per heavy atom. The van der Waals surface area contributed by atoms with Gasteiger partial charge >= 0.3 is 143 Å². The number of aromatic nitrogens is 4. The Kier molecular flexibility index (Phi) is 57.4. The number of nitrogen functional groups attached to an aromatic ring is 1. The second kappa shape index (κ2) is 62.4. The smallest absolute Gasteiger partial charge is 0.793 e. The van der Waals surface area contributed by atoms with Crippen LogP contribution in [0.2, 0.25) is 13.3 Å². The molecule has 4 aromatic heterocycles. The van der Waals surface area contributed by atoms with E-state index in [0.29, 0.717) is 71.8 Å². The van der Waals surface area contributed by atoms with Crippen LogP contribution in [-0.4, -0.2) is 108 Å². The molecule has 4 aromatic carbocycles. The Morgan fingerprint density at radius 3 is 1.16 bits per heavy atom. The first-order chi connectivity index (χ1) is 53.1. The van der Waals surface area contributed by atoms with Gasteiger partial charge in [0.1, 0.15) is 61.4 Å². The number of nitrogens with two attached hydrogens (primary N) is 1. The Labute approximate surface area is 701 Å². The number of nitrogens with one attached hydrogen (secondary N) is 1. The minimum atomic E-state index is -1.85. The molecule has 0 spiro atoms. The summed E-state index contributed by atoms with van der Waals surface area (Å²) in [6.07, 6.45) is 23.7. The molecule has 2 fully saturated rings. The van der Waals surface area contributed by atoms with Gasteiger partial charge in [-0.1, -0.05) is 43.7 Å². The number of pyridine rings is 4. The number of nitrogens with zero attached hydrogens (tertiary/aromatic N) is 5. The van der Waals surface area contributed by atoms with Crippen LogP contribution in [0.5, 0.6) is 0 Å². The van der Waals surface area contributed by atoms with Crippen molar-refractivity contribution in [3.05, 3.63) is 269 Å². The molecule has 0 atom stereocenters. The number of piperidine rings is 2. The van der Waals surface area contributed by atoms with Crippen molar-refractivity contribution in [1.29, 1.82) is 0 Å². The minimum absolute atomic E-state index is 0. The molecular weight excluding hydrogens is 1700 g/mol. The van der Waals surface area contributed by atoms with Crippen LogP contribution in [0.4, 0.5) is 40.8 Å². The number of unbranched alkanes of at least 4 members (excludes halogenated alkanes) is 3. The zero-order chi connectivity index (χ0) is 82.2. The van der Waals surface area contributed by atoms with Crippen LogP contribution in [0.25, 0.3) is 6.08 Å². The van der Waals surface area contributed by atoms with Crippen molar-refractivity contribution >= 4 is 94.2 Å². The summed E-state index contributed by atoms with van der Waals surface area (Å²) in [6, 6.07) is 36.2. The van der Waals surface area contributed by atoms with Crippen molar-refractivity contribution in [1.82, 2.24) is 30.2 Å². The second-order valence-electron chi connectivity index (χ2n) is 26.0. The van der Waals surface area contributed by atoms with Crippen molar-refractivity contribution in [2.45, 2.75) is 177 Å². The van der Waals surface area contributed by atoms with E-state index in [2.05, 4.69) is 124 Å². The van der Waals surface area contributed by atoms with Crippen molar-refractivity contribution in [3.63, 3.8) is 0 Å². The summed E-state index contributed by atoms with van der Waals surface area (Å²) in [4.78, 5) is 66.5. The number of halogens is 10. The maximum atomic E-state index is 13.2. The normalized spacial score (nSPS) is 11.8. The fourth-order valence-electron chi connectivity index (χ4n) is 10.9. The molecule has 0 aliphatic carbocycles. The Bertz CT molecular complexity index is 3870. The van der Waals surface area contributed by atoms with E-state index in [4.69, 9.17) is 10.7 Å². The quantitative estimate of drug-likeness (QED) is 0.0111. The molecule has 2 aliphatic heterocycles. The number of hydrogen-bond acceptors (Lipinski definition) is 14. The molecule has 14 nitrogen and oxygen atoms in total. The van der Waals surface area contributed by atoms with E-state index in [1.165, 1.54) is 147 Å². The molecule has 3 radical (unpaired) electrons. The number of rotatable bonds is 24. The van der Waals surface area contributed by atoms with Gasteiger partial charge in [0.2, 0.25) is 5.97 Å². The van der Waals surface area contributed by atoms with Crippen LogP contribution < -0.4 is 40.6 Å². The van der Waals surface area contributed by atoms with Gasteiger partial charge in [0, 0.05) is 86.5 Å². The van der Waals surface area contributed by atoms with E-state index in [0.717, 1.165) is 96.3 Å². The molecule has 0 bridgehead atoms. The molecule has 27 heteroatoms. The van der Waals surface area contributed by atoms with Gasteiger partial charge in [-0.15, -0.1) is 0 Å². The molecule has 0 amide bonds. The number of carbonyl (C=O) groups excluding carboxylic acids is 4. The first-order valence-corrected chi connectivity index (χ1v) is 46.5. The number of anilines is 1. The largest absolute Gasteiger partial charge is 1.00 e. The van der Waals surface area contributed by atoms with Crippen molar-refractivity contribution in [3.8, 4) is 0 Å². The van der Waals surface area contributed by atoms with Gasteiger partial charge in [0.15, 0.2) is 6.29 Å². The van der Waals surface area contributed by atoms with E-state index in [9.17, 15) is 54.3 Å². The number of benzene rings is 4. The van der Waals surface area contributed by atoms with Crippen LogP contribution in [0.1, 0.15) is 174 Å². The first-order valence-electron chi connectivity index (χ1n) is 37.2. The van der Waals surface area contributed by atoms with E-state index < -0.39 is 82.8 Å². The molecular formula is C85H106BBr2F8N7NaO7Sn. The number of carbonyl (C=O) groups is 4. The van der Waals surface area contributed by atoms with Gasteiger partial charge in [0.05, 0.1) is 5.69 Å². The molecule has 6 heterocycles. The third-order valence-corrected chi connectivity index (χ3v) is 31.4. The van der Waals surface area contributed by atoms with E-state index >= 15 is 0 Å². The zero-order valence-electron chi connectivity index (χ0n) is 65.6. The minimum Gasteiger partial charge on any atom is -0.793 e. The zero-order valence-corrected chi connectivity index (χ0v) is 73.6. The van der Waals surface area contributed by atoms with Crippen molar-refractivity contribution < 1.29 is 98.3 Å². The molecule has 112 heavy (non-hydrogen) atoms. The summed E-state index contributed by atoms with van der Waals surface area (Å²) >= 11 is 4.56. The summed E-state index contributed by atoms with van der Waals surface area (Å²) in [5, 5.41) is 3.28. The number of hydrogen-bond donors (Lipinski definition) is 2. The fourth-order valence-corrected chi connectivity index (χ4v) is 24.6. The second-order valence-corrected chi connectivity index (χ2v) is 40.8. The van der Waals surface area contributed by atoms with Gasteiger partial charge in [-0.2, -0.15) is 0 Å². The summed E-state index contributed by atoms with van der Waals surface area (Å²) < 4.78 is 115. The molecule has 601 valence electrons. The predicted octanol–water partition coefficient (Wildman–Crippen LogP) is 18.1. The molecule has 2 aliphatic rings. The SMILES string of the molecule is C1CCNCC1.C=Cc1cccc(CCc2cc(F)cc(F)c2)n1.C=[CH][Sn]([CH2]CCC)([CH2]CCC)[CH2]CCC.CC(=O)OOC(C)=O.Fc1cc(F)cc(CCc2cccc(Br)n2)c1.Fc1cc(F)cc(CCc2cccc(CCN3CCCCC3)n2)c1.Nc1cc(F)cc(F)c1.O=Cc1cccc(Br)n1.[B-]OC(C)=O.[Na+]. The van der Waals surface area contributed by atoms with Crippen LogP contribution in [-0.2, 0) is 73.8 Å². The van der Waals surface area contributed by atoms with Crippen LogP contribution >= 0.6 is 31.9 Å². The summed E-state index contributed by atoms with van der Waals surface area (Å²) in [5.41, 5.74) is 12.3. The molecule has 3 N–H and O–H groups in total. The maximum absolute atomic E-state index is 13.2. The topological polar surface area (TPSA) is 189 Å². The van der Waals surface area contributed by atoms with E-state index in [1.54, 1.807) is 37.6 Å². The Hall–Kier alpha value is -6.98. The van der Waals surface area contributed by atoms with E-state index in [1.807, 2.05) is 48.5 Å². The van der Waals surface area contributed by atoms with Gasteiger partial charge in [0.25, 0.3) is 0 Å². The third kappa shape index (κ3) is 51.7. The summed E-state index contributed by atoms with van der Waals surface area (Å²) in [7, 11) is 4.32. The Morgan fingerprint density at radius 1 is 0.491 bits per heavy atom. The summed E-state index contributed by atoms with van der Waals surface area (Å²) in [6.45, 7) is 24.3. The van der Waals surface area contributed by atoms with Gasteiger partial charge in [-0.05, 0) is 242 Å². The molecule has 0 unspecified atom stereocenters. The first kappa shape index (κ1) is 103. The van der Waals surface area contributed by atoms with Crippen LogP contribution in [0.3, 0.4) is 0 Å². The van der Waals surface area contributed by atoms with Crippen molar-refractivity contribution in [2.75, 3.05) is 38.5 Å². The maximum Gasteiger partial charge on any atom is 1.00 e. The Balaban J connectivity index is 0.000000654. The fraction of sp³-hybridized carbons (Fsp3) is 0.388. The molecule has 0 saturated carbocycles. The predicted molar refractivity (Wildman–Crippen MR) is 437 cm³/mol. The molecule has 10 rings (SSSR count). The average Bonchev–Trinajstić information content (AvgIpc) is 0.883. The van der Waals surface area contributed by atoms with Gasteiger partial charge in [-0.3, -0.25) is 19.6 Å². The van der Waals surface area contributed by atoms with Crippen LogP contribution in [0.15, 0.2) is 172 Å². The average molecular weight is 1800 g/mol. The van der Waals surface area contributed by atoms with Gasteiger partial charge < -0.3 is 28.7 Å². The van der Waals surface area contributed by atoms with E-state index in [-0.39, 0.29) is 35.2 Å². The third-order valence-electron chi connectivity index (χ3n) is 16.5. The molecule has 8 aromatic rings. The summed E-state index contributed by atoms with van der Waals surface area (Å²) in [5.74, 6) is -6.24. The molecule has 2 saturated heterocycles. The van der Waals surface area contributed by atoms with Crippen LogP contribution in [0, 0.1) is 46.5 Å². The van der Waals surface area contributed by atoms with Gasteiger partial charge in [-0.25, -0.2) is 64.5 Å². The number of likely N-dealkylation sites (tertiary alicyclic amines) is 1. The van der Waals surface area contributed by atoms with Crippen molar-refractivity contribution in [2.24, 2.45) is 0 Å².